The molecule has 1 N–H and O–H groups in total. The summed E-state index contributed by atoms with van der Waals surface area (Å²) in [6.07, 6.45) is 1.36. The number of benzene rings is 1. The molecule has 1 saturated heterocycles. The molecule has 0 amide bonds. The Morgan fingerprint density at radius 1 is 1.47 bits per heavy atom. The molecule has 1 aromatic carbocycles. The van der Waals surface area contributed by atoms with Gasteiger partial charge in [-0.2, -0.15) is 0 Å². The van der Waals surface area contributed by atoms with Gasteiger partial charge >= 0.3 is 0 Å². The van der Waals surface area contributed by atoms with Crippen molar-refractivity contribution in [2.24, 2.45) is 0 Å². The van der Waals surface area contributed by atoms with Gasteiger partial charge in [0.15, 0.2) is 0 Å². The van der Waals surface area contributed by atoms with Crippen molar-refractivity contribution in [3.8, 4) is 0 Å². The van der Waals surface area contributed by atoms with E-state index in [4.69, 9.17) is 9.47 Å². The summed E-state index contributed by atoms with van der Waals surface area (Å²) in [5.41, 5.74) is 2.62. The molecule has 2 atom stereocenters. The monoisotopic (exact) mass is 235 g/mol. The fraction of sp³-hybridized carbons (Fsp3) is 0.571. The van der Waals surface area contributed by atoms with E-state index in [1.165, 1.54) is 11.1 Å². The van der Waals surface area contributed by atoms with Crippen molar-refractivity contribution in [2.75, 3.05) is 26.8 Å². The Kier molecular flexibility index (Phi) is 4.54. The third-order valence-electron chi connectivity index (χ3n) is 3.24. The first kappa shape index (κ1) is 12.6. The average molecular weight is 235 g/mol. The van der Waals surface area contributed by atoms with Crippen LogP contribution in [-0.4, -0.2) is 32.9 Å². The fourth-order valence-electron chi connectivity index (χ4n) is 2.19. The highest BCUT2D eigenvalue weighted by Crippen LogP contribution is 2.23. The number of rotatable bonds is 4. The van der Waals surface area contributed by atoms with E-state index >= 15 is 0 Å². The summed E-state index contributed by atoms with van der Waals surface area (Å²) in [6.45, 7) is 4.74. The van der Waals surface area contributed by atoms with Crippen molar-refractivity contribution < 1.29 is 9.47 Å². The van der Waals surface area contributed by atoms with Gasteiger partial charge in [0.2, 0.25) is 0 Å². The van der Waals surface area contributed by atoms with Crippen molar-refractivity contribution in [3.05, 3.63) is 35.4 Å². The molecule has 0 bridgehead atoms. The quantitative estimate of drug-likeness (QED) is 0.865. The van der Waals surface area contributed by atoms with E-state index in [9.17, 15) is 0 Å². The van der Waals surface area contributed by atoms with E-state index in [1.807, 2.05) is 0 Å². The number of hydrogen-bond donors (Lipinski definition) is 1. The zero-order chi connectivity index (χ0) is 12.1. The van der Waals surface area contributed by atoms with Gasteiger partial charge < -0.3 is 14.8 Å². The highest BCUT2D eigenvalue weighted by molar-refractivity contribution is 5.30. The van der Waals surface area contributed by atoms with Crippen LogP contribution in [0.15, 0.2) is 24.3 Å². The maximum atomic E-state index is 5.82. The SMILES string of the molecule is COC(C)Cc1ccccc1C1CNCCO1. The van der Waals surface area contributed by atoms with Gasteiger partial charge in [-0.1, -0.05) is 24.3 Å². The molecule has 94 valence electrons. The van der Waals surface area contributed by atoms with Crippen LogP contribution in [0.25, 0.3) is 0 Å². The van der Waals surface area contributed by atoms with Crippen LogP contribution in [-0.2, 0) is 15.9 Å². The maximum Gasteiger partial charge on any atom is 0.0952 e. The van der Waals surface area contributed by atoms with Crippen LogP contribution in [0.4, 0.5) is 0 Å². The average Bonchev–Trinajstić information content (AvgIpc) is 2.40. The molecule has 0 aliphatic carbocycles. The normalized spacial score (nSPS) is 22.4. The van der Waals surface area contributed by atoms with Gasteiger partial charge in [-0.15, -0.1) is 0 Å². The van der Waals surface area contributed by atoms with E-state index in [0.29, 0.717) is 0 Å². The van der Waals surface area contributed by atoms with Crippen LogP contribution < -0.4 is 5.32 Å². The molecular weight excluding hydrogens is 214 g/mol. The molecule has 1 aliphatic rings. The Bertz CT molecular complexity index is 348. The summed E-state index contributed by atoms with van der Waals surface area (Å²) in [7, 11) is 1.76. The van der Waals surface area contributed by atoms with Crippen LogP contribution in [0, 0.1) is 0 Å². The predicted molar refractivity (Wildman–Crippen MR) is 68.2 cm³/mol. The molecule has 1 fully saturated rings. The minimum absolute atomic E-state index is 0.184. The Labute approximate surface area is 103 Å². The first-order chi connectivity index (χ1) is 8.31. The number of hydrogen-bond acceptors (Lipinski definition) is 3. The highest BCUT2D eigenvalue weighted by Gasteiger charge is 2.19. The van der Waals surface area contributed by atoms with E-state index in [0.717, 1.165) is 26.1 Å². The van der Waals surface area contributed by atoms with Crippen LogP contribution in [0.3, 0.4) is 0 Å². The molecule has 1 aromatic rings. The van der Waals surface area contributed by atoms with Gasteiger partial charge in [0, 0.05) is 20.2 Å². The van der Waals surface area contributed by atoms with Gasteiger partial charge in [-0.05, 0) is 24.5 Å². The molecule has 0 spiro atoms. The van der Waals surface area contributed by atoms with Gasteiger partial charge in [0.05, 0.1) is 18.8 Å². The number of ether oxygens (including phenoxy) is 2. The summed E-state index contributed by atoms with van der Waals surface area (Å²) in [4.78, 5) is 0. The molecule has 0 saturated carbocycles. The lowest BCUT2D eigenvalue weighted by Crippen LogP contribution is -2.34. The van der Waals surface area contributed by atoms with E-state index in [2.05, 4.69) is 36.5 Å². The minimum atomic E-state index is 0.184. The number of nitrogens with one attached hydrogen (secondary N) is 1. The second-order valence-corrected chi connectivity index (χ2v) is 4.51. The minimum Gasteiger partial charge on any atom is -0.381 e. The third kappa shape index (κ3) is 3.28. The standard InChI is InChI=1S/C14H21NO2/c1-11(16-2)9-12-5-3-4-6-13(12)14-10-15-7-8-17-14/h3-6,11,14-15H,7-10H2,1-2H3. The largest absolute Gasteiger partial charge is 0.381 e. The predicted octanol–water partition coefficient (Wildman–Crippen LogP) is 1.92. The summed E-state index contributed by atoms with van der Waals surface area (Å²) in [5, 5.41) is 3.37. The zero-order valence-electron chi connectivity index (χ0n) is 10.6. The van der Waals surface area contributed by atoms with Crippen molar-refractivity contribution in [2.45, 2.75) is 25.6 Å². The zero-order valence-corrected chi connectivity index (χ0v) is 10.6. The first-order valence-corrected chi connectivity index (χ1v) is 6.24. The number of methoxy groups -OCH3 is 1. The van der Waals surface area contributed by atoms with Gasteiger partial charge in [0.1, 0.15) is 0 Å². The summed E-state index contributed by atoms with van der Waals surface area (Å²) >= 11 is 0. The van der Waals surface area contributed by atoms with Crippen molar-refractivity contribution in [3.63, 3.8) is 0 Å². The Hall–Kier alpha value is -0.900. The topological polar surface area (TPSA) is 30.5 Å². The van der Waals surface area contributed by atoms with Crippen LogP contribution in [0.2, 0.25) is 0 Å². The first-order valence-electron chi connectivity index (χ1n) is 6.24. The molecule has 2 rings (SSSR count). The molecule has 1 heterocycles. The summed E-state index contributed by atoms with van der Waals surface area (Å²) in [6, 6.07) is 8.49. The van der Waals surface area contributed by atoms with Crippen LogP contribution in [0.1, 0.15) is 24.2 Å². The van der Waals surface area contributed by atoms with Gasteiger partial charge in [-0.3, -0.25) is 0 Å². The molecular formula is C14H21NO2. The molecule has 0 radical (unpaired) electrons. The molecule has 0 aromatic heterocycles. The lowest BCUT2D eigenvalue weighted by atomic mass is 9.97. The second kappa shape index (κ2) is 6.15. The van der Waals surface area contributed by atoms with Crippen molar-refractivity contribution in [1.82, 2.24) is 5.32 Å². The summed E-state index contributed by atoms with van der Waals surface area (Å²) in [5.74, 6) is 0. The Morgan fingerprint density at radius 3 is 3.00 bits per heavy atom. The van der Waals surface area contributed by atoms with E-state index < -0.39 is 0 Å². The number of morpholine rings is 1. The summed E-state index contributed by atoms with van der Waals surface area (Å²) < 4.78 is 11.2. The lowest BCUT2D eigenvalue weighted by Gasteiger charge is -2.26. The highest BCUT2D eigenvalue weighted by atomic mass is 16.5. The lowest BCUT2D eigenvalue weighted by molar-refractivity contribution is 0.0266. The van der Waals surface area contributed by atoms with Gasteiger partial charge in [0.25, 0.3) is 0 Å². The molecule has 17 heavy (non-hydrogen) atoms. The molecule has 1 aliphatic heterocycles. The smallest absolute Gasteiger partial charge is 0.0952 e. The maximum absolute atomic E-state index is 5.82. The van der Waals surface area contributed by atoms with Crippen molar-refractivity contribution >= 4 is 0 Å². The second-order valence-electron chi connectivity index (χ2n) is 4.51. The molecule has 2 unspecified atom stereocenters. The van der Waals surface area contributed by atoms with E-state index in [1.54, 1.807) is 7.11 Å². The Balaban J connectivity index is 2.14. The van der Waals surface area contributed by atoms with E-state index in [-0.39, 0.29) is 12.2 Å². The molecule has 3 nitrogen and oxygen atoms in total. The van der Waals surface area contributed by atoms with Crippen molar-refractivity contribution in [1.29, 1.82) is 0 Å². The molecule has 3 heteroatoms. The third-order valence-corrected chi connectivity index (χ3v) is 3.24. The Morgan fingerprint density at radius 2 is 2.29 bits per heavy atom. The van der Waals surface area contributed by atoms with Crippen LogP contribution in [0.5, 0.6) is 0 Å². The fourth-order valence-corrected chi connectivity index (χ4v) is 2.19. The van der Waals surface area contributed by atoms with Crippen LogP contribution >= 0.6 is 0 Å². The van der Waals surface area contributed by atoms with Gasteiger partial charge in [-0.25, -0.2) is 0 Å².